The number of carbonyl (C=O) groups is 1. The Balaban J connectivity index is 2.45. The molecule has 1 aliphatic heterocycles. The van der Waals surface area contributed by atoms with Gasteiger partial charge in [0.2, 0.25) is 10.0 Å². The number of benzene rings is 1. The molecule has 1 aliphatic rings. The molecule has 1 atom stereocenters. The number of ether oxygens (including phenoxy) is 1. The predicted molar refractivity (Wildman–Crippen MR) is 77.1 cm³/mol. The highest BCUT2D eigenvalue weighted by Crippen LogP contribution is 2.37. The molecule has 6 nitrogen and oxygen atoms in total. The Kier molecular flexibility index (Phi) is 4.57. The topological polar surface area (TPSA) is 83.9 Å². The first-order valence-electron chi connectivity index (χ1n) is 6.90. The van der Waals surface area contributed by atoms with Crippen LogP contribution in [0.4, 0.5) is 13.2 Å². The summed E-state index contributed by atoms with van der Waals surface area (Å²) in [4.78, 5) is 10.6. The van der Waals surface area contributed by atoms with Crippen LogP contribution in [0.15, 0.2) is 23.1 Å². The lowest BCUT2D eigenvalue weighted by molar-refractivity contribution is -0.147. The molecule has 0 aromatic heterocycles. The van der Waals surface area contributed by atoms with Crippen molar-refractivity contribution >= 4 is 16.0 Å². The van der Waals surface area contributed by atoms with Gasteiger partial charge in [-0.05, 0) is 25.5 Å². The Morgan fingerprint density at radius 2 is 1.96 bits per heavy atom. The van der Waals surface area contributed by atoms with E-state index >= 15 is 0 Å². The fraction of sp³-hybridized carbons (Fsp3) is 0.500. The zero-order valence-electron chi connectivity index (χ0n) is 12.9. The van der Waals surface area contributed by atoms with Crippen LogP contribution < -0.4 is 4.74 Å². The van der Waals surface area contributed by atoms with Crippen LogP contribution in [0.1, 0.15) is 18.9 Å². The van der Waals surface area contributed by atoms with Crippen LogP contribution in [0.25, 0.3) is 0 Å². The van der Waals surface area contributed by atoms with Crippen molar-refractivity contribution in [3.8, 4) is 5.75 Å². The van der Waals surface area contributed by atoms with E-state index in [9.17, 15) is 26.4 Å². The number of hydrogen-bond donors (Lipinski definition) is 1. The largest absolute Gasteiger partial charge is 0.497 e. The SMILES string of the molecule is COc1cc(C(F)(F)F)cc(S(=O)(=O)N2CCC(C)(C(=O)O)C2)c1. The van der Waals surface area contributed by atoms with Crippen LogP contribution in [-0.2, 0) is 21.0 Å². The predicted octanol–water partition coefficient (Wildman–Crippen LogP) is 2.20. The molecule has 0 aliphatic carbocycles. The van der Waals surface area contributed by atoms with Gasteiger partial charge >= 0.3 is 12.1 Å². The van der Waals surface area contributed by atoms with Crippen LogP contribution in [0, 0.1) is 5.41 Å². The summed E-state index contributed by atoms with van der Waals surface area (Å²) in [7, 11) is -3.14. The number of hydrogen-bond acceptors (Lipinski definition) is 4. The highest BCUT2D eigenvalue weighted by Gasteiger charge is 2.45. The summed E-state index contributed by atoms with van der Waals surface area (Å²) in [5, 5.41) is 9.17. The molecule has 1 fully saturated rings. The van der Waals surface area contributed by atoms with E-state index in [1.807, 2.05) is 0 Å². The number of sulfonamides is 1. The van der Waals surface area contributed by atoms with Crippen molar-refractivity contribution in [2.75, 3.05) is 20.2 Å². The van der Waals surface area contributed by atoms with Gasteiger partial charge in [0.15, 0.2) is 0 Å². The molecular weight excluding hydrogens is 351 g/mol. The Bertz CT molecular complexity index is 762. The molecule has 24 heavy (non-hydrogen) atoms. The van der Waals surface area contributed by atoms with Crippen molar-refractivity contribution in [2.24, 2.45) is 5.41 Å². The number of nitrogens with zero attached hydrogens (tertiary/aromatic N) is 1. The van der Waals surface area contributed by atoms with Gasteiger partial charge in [0, 0.05) is 19.2 Å². The smallest absolute Gasteiger partial charge is 0.416 e. The third-order valence-corrected chi connectivity index (χ3v) is 5.86. The van der Waals surface area contributed by atoms with Gasteiger partial charge in [-0.3, -0.25) is 4.79 Å². The summed E-state index contributed by atoms with van der Waals surface area (Å²) in [6, 6.07) is 2.21. The second-order valence-corrected chi connectivity index (χ2v) is 7.79. The van der Waals surface area contributed by atoms with E-state index in [-0.39, 0.29) is 25.3 Å². The fourth-order valence-electron chi connectivity index (χ4n) is 2.45. The van der Waals surface area contributed by atoms with E-state index in [1.54, 1.807) is 0 Å². The quantitative estimate of drug-likeness (QED) is 0.882. The van der Waals surface area contributed by atoms with E-state index in [4.69, 9.17) is 9.84 Å². The normalized spacial score (nSPS) is 22.5. The number of carboxylic acid groups (broad SMARTS) is 1. The van der Waals surface area contributed by atoms with Crippen LogP contribution >= 0.6 is 0 Å². The van der Waals surface area contributed by atoms with Gasteiger partial charge in [0.25, 0.3) is 0 Å². The second-order valence-electron chi connectivity index (χ2n) is 5.85. The molecule has 1 N–H and O–H groups in total. The molecule has 1 saturated heterocycles. The van der Waals surface area contributed by atoms with Gasteiger partial charge in [-0.25, -0.2) is 8.42 Å². The molecule has 134 valence electrons. The summed E-state index contributed by atoms with van der Waals surface area (Å²) in [5.74, 6) is -1.40. The van der Waals surface area contributed by atoms with Crippen molar-refractivity contribution in [2.45, 2.75) is 24.4 Å². The monoisotopic (exact) mass is 367 g/mol. The Labute approximate surface area is 136 Å². The molecule has 1 unspecified atom stereocenters. The third-order valence-electron chi connectivity index (χ3n) is 4.04. The molecule has 2 rings (SSSR count). The third kappa shape index (κ3) is 3.34. The van der Waals surface area contributed by atoms with Crippen molar-refractivity contribution < 1.29 is 36.2 Å². The first-order valence-corrected chi connectivity index (χ1v) is 8.34. The first-order chi connectivity index (χ1) is 10.9. The van der Waals surface area contributed by atoms with Crippen molar-refractivity contribution in [1.29, 1.82) is 0 Å². The molecule has 1 aromatic carbocycles. The standard InChI is InChI=1S/C14H16F3NO5S/c1-13(12(19)20)3-4-18(8-13)24(21,22)11-6-9(14(15,16)17)5-10(7-11)23-2/h5-7H,3-4,8H2,1-2H3,(H,19,20). The zero-order valence-corrected chi connectivity index (χ0v) is 13.7. The average molecular weight is 367 g/mol. The van der Waals surface area contributed by atoms with E-state index in [2.05, 4.69) is 0 Å². The van der Waals surface area contributed by atoms with Crippen LogP contribution in [-0.4, -0.2) is 44.0 Å². The summed E-state index contributed by atoms with van der Waals surface area (Å²) >= 11 is 0. The van der Waals surface area contributed by atoms with Gasteiger partial charge in [-0.1, -0.05) is 0 Å². The Morgan fingerprint density at radius 1 is 1.33 bits per heavy atom. The second kappa shape index (κ2) is 5.92. The van der Waals surface area contributed by atoms with Crippen molar-refractivity contribution in [3.63, 3.8) is 0 Å². The average Bonchev–Trinajstić information content (AvgIpc) is 2.90. The molecule has 10 heteroatoms. The minimum atomic E-state index is -4.74. The maximum Gasteiger partial charge on any atom is 0.416 e. The Hall–Kier alpha value is -1.81. The van der Waals surface area contributed by atoms with Crippen LogP contribution in [0.3, 0.4) is 0 Å². The maximum absolute atomic E-state index is 12.9. The summed E-state index contributed by atoms with van der Waals surface area (Å²) in [6.07, 6.45) is -4.66. The van der Waals surface area contributed by atoms with Crippen molar-refractivity contribution in [1.82, 2.24) is 4.31 Å². The summed E-state index contributed by atoms with van der Waals surface area (Å²) < 4.78 is 69.7. The van der Waals surface area contributed by atoms with E-state index < -0.39 is 38.0 Å². The van der Waals surface area contributed by atoms with Gasteiger partial charge in [0.05, 0.1) is 23.0 Å². The maximum atomic E-state index is 12.9. The molecule has 0 saturated carbocycles. The minimum absolute atomic E-state index is 0.0797. The summed E-state index contributed by atoms with van der Waals surface area (Å²) in [5.41, 5.74) is -2.42. The molecule has 1 heterocycles. The minimum Gasteiger partial charge on any atom is -0.497 e. The van der Waals surface area contributed by atoms with Gasteiger partial charge < -0.3 is 9.84 Å². The van der Waals surface area contributed by atoms with Crippen molar-refractivity contribution in [3.05, 3.63) is 23.8 Å². The highest BCUT2D eigenvalue weighted by atomic mass is 32.2. The lowest BCUT2D eigenvalue weighted by Gasteiger charge is -2.21. The number of halogens is 3. The molecule has 0 spiro atoms. The molecule has 1 aromatic rings. The lowest BCUT2D eigenvalue weighted by Crippen LogP contribution is -2.35. The zero-order chi connectivity index (χ0) is 18.3. The number of aliphatic carboxylic acids is 1. The van der Waals surface area contributed by atoms with E-state index in [0.717, 1.165) is 17.5 Å². The molecular formula is C14H16F3NO5S. The van der Waals surface area contributed by atoms with Gasteiger partial charge in [-0.15, -0.1) is 0 Å². The Morgan fingerprint density at radius 3 is 2.42 bits per heavy atom. The lowest BCUT2D eigenvalue weighted by atomic mass is 9.90. The summed E-state index contributed by atoms with van der Waals surface area (Å²) in [6.45, 7) is 1.02. The fourth-order valence-corrected chi connectivity index (χ4v) is 4.08. The molecule has 0 radical (unpaired) electrons. The molecule has 0 amide bonds. The highest BCUT2D eigenvalue weighted by molar-refractivity contribution is 7.89. The van der Waals surface area contributed by atoms with E-state index in [0.29, 0.717) is 12.1 Å². The number of carboxylic acids is 1. The first kappa shape index (κ1) is 18.5. The number of methoxy groups -OCH3 is 1. The van der Waals surface area contributed by atoms with Gasteiger partial charge in [0.1, 0.15) is 5.75 Å². The number of rotatable bonds is 4. The molecule has 0 bridgehead atoms. The number of alkyl halides is 3. The van der Waals surface area contributed by atoms with Gasteiger partial charge in [-0.2, -0.15) is 17.5 Å². The van der Waals surface area contributed by atoms with E-state index in [1.165, 1.54) is 6.92 Å². The van der Waals surface area contributed by atoms with Crippen LogP contribution in [0.5, 0.6) is 5.75 Å². The van der Waals surface area contributed by atoms with Crippen LogP contribution in [0.2, 0.25) is 0 Å².